The molecule has 0 bridgehead atoms. The molecule has 0 aromatic rings. The lowest BCUT2D eigenvalue weighted by atomic mass is 10.2. The van der Waals surface area contributed by atoms with E-state index in [9.17, 15) is 4.79 Å². The molecule has 70 valence electrons. The van der Waals surface area contributed by atoms with Crippen molar-refractivity contribution in [3.8, 4) is 0 Å². The van der Waals surface area contributed by atoms with E-state index in [1.165, 1.54) is 19.3 Å². The van der Waals surface area contributed by atoms with Gasteiger partial charge in [0, 0.05) is 20.1 Å². The zero-order valence-electron chi connectivity index (χ0n) is 7.49. The van der Waals surface area contributed by atoms with E-state index in [2.05, 4.69) is 5.01 Å². The van der Waals surface area contributed by atoms with Crippen LogP contribution in [0.25, 0.3) is 0 Å². The van der Waals surface area contributed by atoms with Crippen molar-refractivity contribution in [1.82, 2.24) is 10.0 Å². The Balaban J connectivity index is 2.29. The van der Waals surface area contributed by atoms with Crippen LogP contribution in [0.15, 0.2) is 0 Å². The molecule has 1 fully saturated rings. The number of carboxylic acid groups (broad SMARTS) is 1. The number of carboxylic acids is 1. The molecule has 0 aliphatic carbocycles. The molecule has 1 saturated heterocycles. The van der Waals surface area contributed by atoms with E-state index in [1.54, 1.807) is 5.01 Å². The summed E-state index contributed by atoms with van der Waals surface area (Å²) in [5, 5.41) is 12.4. The number of piperidine rings is 1. The summed E-state index contributed by atoms with van der Waals surface area (Å²) in [6.07, 6.45) is 3.64. The van der Waals surface area contributed by atoms with Gasteiger partial charge in [0.2, 0.25) is 0 Å². The molecular weight excluding hydrogens is 156 g/mol. The number of carbonyl (C=O) groups is 1. The van der Waals surface area contributed by atoms with Crippen LogP contribution in [0.4, 0.5) is 0 Å². The van der Waals surface area contributed by atoms with E-state index in [-0.39, 0.29) is 6.54 Å². The summed E-state index contributed by atoms with van der Waals surface area (Å²) >= 11 is 0. The zero-order valence-corrected chi connectivity index (χ0v) is 7.49. The molecule has 0 unspecified atom stereocenters. The predicted octanol–water partition coefficient (Wildman–Crippen LogP) is 0.404. The van der Waals surface area contributed by atoms with Crippen LogP contribution in [0.3, 0.4) is 0 Å². The fraction of sp³-hybridized carbons (Fsp3) is 0.875. The Bertz CT molecular complexity index is 155. The highest BCUT2D eigenvalue weighted by molar-refractivity contribution is 5.68. The highest BCUT2D eigenvalue weighted by Gasteiger charge is 2.15. The second-order valence-electron chi connectivity index (χ2n) is 3.22. The van der Waals surface area contributed by atoms with Crippen molar-refractivity contribution in [2.45, 2.75) is 19.3 Å². The molecule has 0 saturated carbocycles. The van der Waals surface area contributed by atoms with Crippen LogP contribution in [0.2, 0.25) is 0 Å². The molecule has 1 rings (SSSR count). The smallest absolute Gasteiger partial charge is 0.319 e. The number of hydrazine groups is 1. The SMILES string of the molecule is CN(CC(=O)O)N1CCCCC1. The van der Waals surface area contributed by atoms with Crippen molar-refractivity contribution < 1.29 is 9.90 Å². The normalized spacial score (nSPS) is 19.8. The van der Waals surface area contributed by atoms with Crippen LogP contribution < -0.4 is 0 Å². The summed E-state index contributed by atoms with van der Waals surface area (Å²) in [5.41, 5.74) is 0. The Morgan fingerprint density at radius 2 is 2.00 bits per heavy atom. The molecule has 1 aliphatic heterocycles. The van der Waals surface area contributed by atoms with Crippen molar-refractivity contribution in [3.05, 3.63) is 0 Å². The number of nitrogens with zero attached hydrogens (tertiary/aromatic N) is 2. The Hall–Kier alpha value is -0.610. The molecule has 4 heteroatoms. The van der Waals surface area contributed by atoms with E-state index in [4.69, 9.17) is 5.11 Å². The minimum Gasteiger partial charge on any atom is -0.480 e. The molecule has 0 atom stereocenters. The summed E-state index contributed by atoms with van der Waals surface area (Å²) in [7, 11) is 1.83. The lowest BCUT2D eigenvalue weighted by Gasteiger charge is -2.33. The van der Waals surface area contributed by atoms with Gasteiger partial charge in [-0.2, -0.15) is 0 Å². The van der Waals surface area contributed by atoms with Gasteiger partial charge in [-0.15, -0.1) is 0 Å². The fourth-order valence-corrected chi connectivity index (χ4v) is 1.51. The first kappa shape index (κ1) is 9.48. The minimum atomic E-state index is -0.761. The van der Waals surface area contributed by atoms with Crippen molar-refractivity contribution >= 4 is 5.97 Å². The fourth-order valence-electron chi connectivity index (χ4n) is 1.51. The largest absolute Gasteiger partial charge is 0.480 e. The van der Waals surface area contributed by atoms with Gasteiger partial charge in [-0.05, 0) is 12.8 Å². The third-order valence-corrected chi connectivity index (χ3v) is 2.18. The van der Waals surface area contributed by atoms with E-state index in [1.807, 2.05) is 7.05 Å². The van der Waals surface area contributed by atoms with Gasteiger partial charge >= 0.3 is 5.97 Å². The molecule has 4 nitrogen and oxygen atoms in total. The average molecular weight is 172 g/mol. The maximum Gasteiger partial charge on any atom is 0.319 e. The van der Waals surface area contributed by atoms with Gasteiger partial charge in [-0.25, -0.2) is 10.0 Å². The first-order chi connectivity index (χ1) is 5.70. The van der Waals surface area contributed by atoms with Gasteiger partial charge in [-0.3, -0.25) is 4.79 Å². The van der Waals surface area contributed by atoms with Gasteiger partial charge in [0.05, 0.1) is 0 Å². The van der Waals surface area contributed by atoms with Gasteiger partial charge in [-0.1, -0.05) is 6.42 Å². The van der Waals surface area contributed by atoms with Crippen molar-refractivity contribution in [2.24, 2.45) is 0 Å². The lowest BCUT2D eigenvalue weighted by Crippen LogP contribution is -2.45. The Kier molecular flexibility index (Phi) is 3.49. The number of likely N-dealkylation sites (N-methyl/N-ethyl adjacent to an activating group) is 1. The second-order valence-corrected chi connectivity index (χ2v) is 3.22. The topological polar surface area (TPSA) is 43.8 Å². The van der Waals surface area contributed by atoms with E-state index in [0.29, 0.717) is 0 Å². The molecule has 12 heavy (non-hydrogen) atoms. The van der Waals surface area contributed by atoms with Crippen molar-refractivity contribution in [3.63, 3.8) is 0 Å². The standard InChI is InChI=1S/C8H16N2O2/c1-9(7-8(11)12)10-5-3-2-4-6-10/h2-7H2,1H3,(H,11,12). The van der Waals surface area contributed by atoms with Crippen LogP contribution in [0.1, 0.15) is 19.3 Å². The molecule has 0 amide bonds. The van der Waals surface area contributed by atoms with Gasteiger partial charge in [0.1, 0.15) is 6.54 Å². The highest BCUT2D eigenvalue weighted by Crippen LogP contribution is 2.09. The van der Waals surface area contributed by atoms with Gasteiger partial charge < -0.3 is 5.11 Å². The maximum atomic E-state index is 10.4. The van der Waals surface area contributed by atoms with Crippen LogP contribution in [-0.2, 0) is 4.79 Å². The summed E-state index contributed by atoms with van der Waals surface area (Å²) in [6, 6.07) is 0. The third kappa shape index (κ3) is 2.79. The maximum absolute atomic E-state index is 10.4. The molecule has 0 radical (unpaired) electrons. The van der Waals surface area contributed by atoms with E-state index >= 15 is 0 Å². The quantitative estimate of drug-likeness (QED) is 0.669. The average Bonchev–Trinajstić information content (AvgIpc) is 2.05. The number of hydrogen-bond donors (Lipinski definition) is 1. The van der Waals surface area contributed by atoms with E-state index < -0.39 is 5.97 Å². The van der Waals surface area contributed by atoms with Crippen LogP contribution in [-0.4, -0.2) is 47.8 Å². The lowest BCUT2D eigenvalue weighted by molar-refractivity contribution is -0.143. The molecule has 1 aliphatic rings. The molecule has 0 aromatic heterocycles. The first-order valence-corrected chi connectivity index (χ1v) is 4.38. The summed E-state index contributed by atoms with van der Waals surface area (Å²) < 4.78 is 0. The summed E-state index contributed by atoms with van der Waals surface area (Å²) in [4.78, 5) is 10.4. The Labute approximate surface area is 72.7 Å². The number of rotatable bonds is 3. The van der Waals surface area contributed by atoms with Crippen LogP contribution in [0, 0.1) is 0 Å². The Morgan fingerprint density at radius 1 is 1.42 bits per heavy atom. The molecular formula is C8H16N2O2. The molecule has 1 N–H and O–H groups in total. The van der Waals surface area contributed by atoms with Crippen LogP contribution >= 0.6 is 0 Å². The highest BCUT2D eigenvalue weighted by atomic mass is 16.4. The minimum absolute atomic E-state index is 0.111. The summed E-state index contributed by atoms with van der Waals surface area (Å²) in [5.74, 6) is -0.761. The van der Waals surface area contributed by atoms with Crippen molar-refractivity contribution in [1.29, 1.82) is 0 Å². The molecule has 0 aromatic carbocycles. The first-order valence-electron chi connectivity index (χ1n) is 4.38. The van der Waals surface area contributed by atoms with Crippen molar-refractivity contribution in [2.75, 3.05) is 26.7 Å². The third-order valence-electron chi connectivity index (χ3n) is 2.18. The van der Waals surface area contributed by atoms with Gasteiger partial charge in [0.25, 0.3) is 0 Å². The van der Waals surface area contributed by atoms with E-state index in [0.717, 1.165) is 13.1 Å². The molecule has 0 spiro atoms. The Morgan fingerprint density at radius 3 is 2.50 bits per heavy atom. The van der Waals surface area contributed by atoms with Crippen LogP contribution in [0.5, 0.6) is 0 Å². The van der Waals surface area contributed by atoms with Gasteiger partial charge in [0.15, 0.2) is 0 Å². The molecule has 1 heterocycles. The number of hydrogen-bond acceptors (Lipinski definition) is 3. The predicted molar refractivity (Wildman–Crippen MR) is 45.7 cm³/mol. The second kappa shape index (κ2) is 4.42. The summed E-state index contributed by atoms with van der Waals surface area (Å²) in [6.45, 7) is 2.12. The monoisotopic (exact) mass is 172 g/mol. The zero-order chi connectivity index (χ0) is 8.97. The number of aliphatic carboxylic acids is 1.